The highest BCUT2D eigenvalue weighted by Gasteiger charge is 2.16. The molecule has 0 spiro atoms. The molecule has 7 heteroatoms. The predicted molar refractivity (Wildman–Crippen MR) is 84.0 cm³/mol. The van der Waals surface area contributed by atoms with Crippen LogP contribution in [0.5, 0.6) is 0 Å². The summed E-state index contributed by atoms with van der Waals surface area (Å²) in [5.74, 6) is 0. The maximum Gasteiger partial charge on any atom is 0.275 e. The standard InChI is InChI=1S/C14H17BrN4O2/c1-9(13-8-17-18(3)10(13)2)16-7-11-4-5-12(15)6-14(11)19(20)21/h4-6,8-9,16H,7H2,1-3H3. The van der Waals surface area contributed by atoms with Crippen LogP contribution in [0.1, 0.15) is 29.8 Å². The molecule has 1 N–H and O–H groups in total. The first-order valence-corrected chi connectivity index (χ1v) is 7.34. The number of nitrogens with zero attached hydrogens (tertiary/aromatic N) is 3. The molecule has 1 aromatic heterocycles. The van der Waals surface area contributed by atoms with Crippen molar-refractivity contribution in [2.75, 3.05) is 0 Å². The highest BCUT2D eigenvalue weighted by molar-refractivity contribution is 9.10. The van der Waals surface area contributed by atoms with Gasteiger partial charge in [-0.1, -0.05) is 15.9 Å². The average Bonchev–Trinajstić information content (AvgIpc) is 2.77. The number of nitro benzene ring substituents is 1. The fourth-order valence-electron chi connectivity index (χ4n) is 2.17. The molecule has 2 aromatic rings. The van der Waals surface area contributed by atoms with Gasteiger partial charge in [-0.2, -0.15) is 5.10 Å². The minimum atomic E-state index is -0.359. The van der Waals surface area contributed by atoms with E-state index in [1.54, 1.807) is 6.07 Å². The van der Waals surface area contributed by atoms with Crippen molar-refractivity contribution in [2.45, 2.75) is 26.4 Å². The van der Waals surface area contributed by atoms with Crippen LogP contribution >= 0.6 is 15.9 Å². The number of aryl methyl sites for hydroxylation is 1. The van der Waals surface area contributed by atoms with Crippen LogP contribution in [0, 0.1) is 17.0 Å². The van der Waals surface area contributed by atoms with Crippen molar-refractivity contribution in [3.8, 4) is 0 Å². The van der Waals surface area contributed by atoms with Crippen molar-refractivity contribution < 1.29 is 4.92 Å². The summed E-state index contributed by atoms with van der Waals surface area (Å²) in [4.78, 5) is 10.7. The lowest BCUT2D eigenvalue weighted by atomic mass is 10.1. The van der Waals surface area contributed by atoms with Gasteiger partial charge in [-0.3, -0.25) is 14.8 Å². The van der Waals surface area contributed by atoms with E-state index < -0.39 is 0 Å². The van der Waals surface area contributed by atoms with Gasteiger partial charge in [0, 0.05) is 47.0 Å². The Hall–Kier alpha value is -1.73. The van der Waals surface area contributed by atoms with E-state index in [4.69, 9.17) is 0 Å². The average molecular weight is 353 g/mol. The summed E-state index contributed by atoms with van der Waals surface area (Å²) in [5.41, 5.74) is 2.96. The molecule has 21 heavy (non-hydrogen) atoms. The summed E-state index contributed by atoms with van der Waals surface area (Å²) >= 11 is 3.26. The summed E-state index contributed by atoms with van der Waals surface area (Å²) in [5, 5.41) is 18.6. The molecule has 0 radical (unpaired) electrons. The van der Waals surface area contributed by atoms with E-state index in [0.717, 1.165) is 11.3 Å². The van der Waals surface area contributed by atoms with E-state index in [9.17, 15) is 10.1 Å². The Labute approximate surface area is 131 Å². The third-order valence-corrected chi connectivity index (χ3v) is 4.08. The van der Waals surface area contributed by atoms with Gasteiger partial charge in [-0.25, -0.2) is 0 Å². The Morgan fingerprint density at radius 1 is 1.52 bits per heavy atom. The first kappa shape index (κ1) is 15.7. The maximum atomic E-state index is 11.1. The quantitative estimate of drug-likeness (QED) is 0.662. The molecule has 112 valence electrons. The third kappa shape index (κ3) is 3.48. The summed E-state index contributed by atoms with van der Waals surface area (Å²) < 4.78 is 2.52. The van der Waals surface area contributed by atoms with E-state index in [2.05, 4.69) is 26.3 Å². The second-order valence-electron chi connectivity index (χ2n) is 4.94. The minimum Gasteiger partial charge on any atom is -0.306 e. The molecule has 0 saturated carbocycles. The number of nitrogens with one attached hydrogen (secondary N) is 1. The maximum absolute atomic E-state index is 11.1. The molecular weight excluding hydrogens is 336 g/mol. The lowest BCUT2D eigenvalue weighted by Crippen LogP contribution is -2.19. The van der Waals surface area contributed by atoms with Crippen LogP contribution in [0.2, 0.25) is 0 Å². The van der Waals surface area contributed by atoms with Crippen LogP contribution in [-0.2, 0) is 13.6 Å². The molecule has 6 nitrogen and oxygen atoms in total. The molecule has 0 fully saturated rings. The number of hydrogen-bond acceptors (Lipinski definition) is 4. The van der Waals surface area contributed by atoms with Gasteiger partial charge in [-0.05, 0) is 26.0 Å². The van der Waals surface area contributed by atoms with E-state index in [0.29, 0.717) is 16.6 Å². The molecule has 2 rings (SSSR count). The Kier molecular flexibility index (Phi) is 4.74. The number of aromatic nitrogens is 2. The van der Waals surface area contributed by atoms with Crippen LogP contribution in [-0.4, -0.2) is 14.7 Å². The summed E-state index contributed by atoms with van der Waals surface area (Å²) in [7, 11) is 1.89. The normalized spacial score (nSPS) is 12.4. The van der Waals surface area contributed by atoms with E-state index in [1.165, 1.54) is 6.07 Å². The smallest absolute Gasteiger partial charge is 0.275 e. The molecule has 1 heterocycles. The first-order chi connectivity index (χ1) is 9.90. The Bertz CT molecular complexity index is 669. The van der Waals surface area contributed by atoms with E-state index >= 15 is 0 Å². The van der Waals surface area contributed by atoms with Crippen LogP contribution in [0.3, 0.4) is 0 Å². The minimum absolute atomic E-state index is 0.0713. The highest BCUT2D eigenvalue weighted by atomic mass is 79.9. The number of nitro groups is 1. The number of hydrogen-bond donors (Lipinski definition) is 1. The highest BCUT2D eigenvalue weighted by Crippen LogP contribution is 2.24. The van der Waals surface area contributed by atoms with Gasteiger partial charge in [0.15, 0.2) is 0 Å². The van der Waals surface area contributed by atoms with Gasteiger partial charge in [0.05, 0.1) is 11.1 Å². The molecule has 0 saturated heterocycles. The molecule has 0 aliphatic carbocycles. The first-order valence-electron chi connectivity index (χ1n) is 6.55. The summed E-state index contributed by atoms with van der Waals surface area (Å²) in [6, 6.07) is 5.17. The molecule has 0 bridgehead atoms. The van der Waals surface area contributed by atoms with Crippen LogP contribution < -0.4 is 5.32 Å². The number of rotatable bonds is 5. The Balaban J connectivity index is 2.13. The Morgan fingerprint density at radius 2 is 2.24 bits per heavy atom. The van der Waals surface area contributed by atoms with Gasteiger partial charge in [-0.15, -0.1) is 0 Å². The van der Waals surface area contributed by atoms with E-state index in [1.807, 2.05) is 37.8 Å². The second kappa shape index (κ2) is 6.36. The van der Waals surface area contributed by atoms with Crippen LogP contribution in [0.4, 0.5) is 5.69 Å². The van der Waals surface area contributed by atoms with E-state index in [-0.39, 0.29) is 16.7 Å². The van der Waals surface area contributed by atoms with Crippen molar-refractivity contribution in [2.24, 2.45) is 7.05 Å². The number of halogens is 1. The fourth-order valence-corrected chi connectivity index (χ4v) is 2.52. The third-order valence-electron chi connectivity index (χ3n) is 3.58. The van der Waals surface area contributed by atoms with Crippen molar-refractivity contribution in [3.63, 3.8) is 0 Å². The molecule has 1 unspecified atom stereocenters. The summed E-state index contributed by atoms with van der Waals surface area (Å²) in [6.07, 6.45) is 1.82. The lowest BCUT2D eigenvalue weighted by Gasteiger charge is -2.14. The van der Waals surface area contributed by atoms with Gasteiger partial charge < -0.3 is 5.32 Å². The zero-order valence-electron chi connectivity index (χ0n) is 12.1. The lowest BCUT2D eigenvalue weighted by molar-refractivity contribution is -0.385. The SMILES string of the molecule is Cc1c(C(C)NCc2ccc(Br)cc2[N+](=O)[O-])cnn1C. The monoisotopic (exact) mass is 352 g/mol. The van der Waals surface area contributed by atoms with Crippen molar-refractivity contribution in [3.05, 3.63) is 55.8 Å². The molecule has 0 amide bonds. The summed E-state index contributed by atoms with van der Waals surface area (Å²) in [6.45, 7) is 4.45. The van der Waals surface area contributed by atoms with Crippen molar-refractivity contribution >= 4 is 21.6 Å². The molecular formula is C14H17BrN4O2. The second-order valence-corrected chi connectivity index (χ2v) is 5.86. The fraction of sp³-hybridized carbons (Fsp3) is 0.357. The molecule has 1 aromatic carbocycles. The van der Waals surface area contributed by atoms with Crippen molar-refractivity contribution in [1.29, 1.82) is 0 Å². The zero-order valence-corrected chi connectivity index (χ0v) is 13.7. The number of benzene rings is 1. The van der Waals surface area contributed by atoms with Crippen molar-refractivity contribution in [1.82, 2.24) is 15.1 Å². The van der Waals surface area contributed by atoms with Gasteiger partial charge in [0.25, 0.3) is 5.69 Å². The van der Waals surface area contributed by atoms with Gasteiger partial charge in [0.2, 0.25) is 0 Å². The molecule has 1 atom stereocenters. The Morgan fingerprint density at radius 3 is 2.81 bits per heavy atom. The molecule has 0 aliphatic rings. The van der Waals surface area contributed by atoms with Gasteiger partial charge >= 0.3 is 0 Å². The molecule has 0 aliphatic heterocycles. The predicted octanol–water partition coefficient (Wildman–Crippen LogP) is 3.25. The van der Waals surface area contributed by atoms with Crippen LogP contribution in [0.25, 0.3) is 0 Å². The van der Waals surface area contributed by atoms with Gasteiger partial charge in [0.1, 0.15) is 0 Å². The topological polar surface area (TPSA) is 73.0 Å². The largest absolute Gasteiger partial charge is 0.306 e. The zero-order chi connectivity index (χ0) is 15.6. The van der Waals surface area contributed by atoms with Crippen LogP contribution in [0.15, 0.2) is 28.9 Å².